The van der Waals surface area contributed by atoms with Crippen LogP contribution < -0.4 is 11.3 Å². The van der Waals surface area contributed by atoms with Crippen molar-refractivity contribution < 1.29 is 4.39 Å². The van der Waals surface area contributed by atoms with Gasteiger partial charge in [0.15, 0.2) is 0 Å². The Balaban J connectivity index is 2.31. The van der Waals surface area contributed by atoms with Gasteiger partial charge >= 0.3 is 0 Å². The molecule has 0 aliphatic heterocycles. The number of pyridine rings is 1. The summed E-state index contributed by atoms with van der Waals surface area (Å²) in [5, 5.41) is 0.125. The molecule has 1 aromatic carbocycles. The Labute approximate surface area is 122 Å². The van der Waals surface area contributed by atoms with Crippen LogP contribution in [-0.4, -0.2) is 4.98 Å². The second-order valence-corrected chi connectivity index (χ2v) is 5.23. The van der Waals surface area contributed by atoms with E-state index >= 15 is 0 Å². The van der Waals surface area contributed by atoms with Gasteiger partial charge in [-0.2, -0.15) is 0 Å². The van der Waals surface area contributed by atoms with Crippen molar-refractivity contribution in [1.82, 2.24) is 10.4 Å². The summed E-state index contributed by atoms with van der Waals surface area (Å²) in [6.45, 7) is 3.84. The lowest BCUT2D eigenvalue weighted by Gasteiger charge is -2.18. The summed E-state index contributed by atoms with van der Waals surface area (Å²) in [6, 6.07) is 8.68. The minimum Gasteiger partial charge on any atom is -0.271 e. The largest absolute Gasteiger partial charge is 0.271 e. The number of aromatic nitrogens is 1. The lowest BCUT2D eigenvalue weighted by molar-refractivity contribution is 0.528. The molecule has 1 unspecified atom stereocenters. The summed E-state index contributed by atoms with van der Waals surface area (Å²) >= 11 is 5.80. The Hall–Kier alpha value is -1.49. The number of nitrogens with zero attached hydrogens (tertiary/aromatic N) is 1. The molecule has 0 aliphatic carbocycles. The lowest BCUT2D eigenvalue weighted by atomic mass is 9.98. The minimum absolute atomic E-state index is 0.125. The predicted molar refractivity (Wildman–Crippen MR) is 78.9 cm³/mol. The van der Waals surface area contributed by atoms with Crippen LogP contribution in [0.25, 0.3) is 0 Å². The smallest absolute Gasteiger partial charge is 0.145 e. The van der Waals surface area contributed by atoms with Crippen molar-refractivity contribution in [2.45, 2.75) is 26.3 Å². The van der Waals surface area contributed by atoms with Gasteiger partial charge in [0.05, 0.1) is 11.1 Å². The Morgan fingerprint density at radius 1 is 1.30 bits per heavy atom. The highest BCUT2D eigenvalue weighted by molar-refractivity contribution is 6.30. The first-order chi connectivity index (χ1) is 9.51. The molecular weight excluding hydrogens is 277 g/mol. The molecule has 5 heteroatoms. The number of hydrogen-bond acceptors (Lipinski definition) is 3. The molecule has 0 fully saturated rings. The summed E-state index contributed by atoms with van der Waals surface area (Å²) < 4.78 is 14.0. The zero-order valence-corrected chi connectivity index (χ0v) is 12.2. The molecular formula is C15H17ClFN3. The van der Waals surface area contributed by atoms with E-state index in [9.17, 15) is 4.39 Å². The Morgan fingerprint density at radius 3 is 2.55 bits per heavy atom. The van der Waals surface area contributed by atoms with Crippen molar-refractivity contribution in [2.75, 3.05) is 0 Å². The molecule has 2 aromatic rings. The van der Waals surface area contributed by atoms with Crippen molar-refractivity contribution in [3.8, 4) is 0 Å². The van der Waals surface area contributed by atoms with Crippen molar-refractivity contribution in [2.24, 2.45) is 5.84 Å². The zero-order valence-electron chi connectivity index (χ0n) is 11.5. The first-order valence-corrected chi connectivity index (χ1v) is 6.73. The molecule has 106 valence electrons. The number of benzene rings is 1. The highest BCUT2D eigenvalue weighted by Gasteiger charge is 2.15. The predicted octanol–water partition coefficient (Wildman–Crippen LogP) is 3.24. The number of hydrazine groups is 1. The van der Waals surface area contributed by atoms with Crippen LogP contribution in [0.3, 0.4) is 0 Å². The topological polar surface area (TPSA) is 50.9 Å². The number of nitrogens with two attached hydrogens (primary N) is 1. The van der Waals surface area contributed by atoms with Crippen LogP contribution in [-0.2, 0) is 6.42 Å². The maximum Gasteiger partial charge on any atom is 0.145 e. The van der Waals surface area contributed by atoms with Crippen LogP contribution in [0.4, 0.5) is 4.39 Å². The minimum atomic E-state index is -0.392. The molecule has 3 N–H and O–H groups in total. The third-order valence-corrected chi connectivity index (χ3v) is 3.45. The Bertz CT molecular complexity index is 596. The van der Waals surface area contributed by atoms with Crippen LogP contribution in [0, 0.1) is 19.7 Å². The highest BCUT2D eigenvalue weighted by Crippen LogP contribution is 2.24. The first-order valence-electron chi connectivity index (χ1n) is 6.35. The van der Waals surface area contributed by atoms with Gasteiger partial charge in [-0.1, -0.05) is 23.7 Å². The van der Waals surface area contributed by atoms with E-state index < -0.39 is 5.82 Å². The fraction of sp³-hybridized carbons (Fsp3) is 0.267. The van der Waals surface area contributed by atoms with Crippen molar-refractivity contribution in [3.63, 3.8) is 0 Å². The van der Waals surface area contributed by atoms with Gasteiger partial charge in [0.1, 0.15) is 5.82 Å². The number of hydrogen-bond donors (Lipinski definition) is 2. The normalized spacial score (nSPS) is 12.4. The van der Waals surface area contributed by atoms with E-state index in [1.807, 2.05) is 26.0 Å². The molecule has 0 saturated heterocycles. The average molecular weight is 294 g/mol. The van der Waals surface area contributed by atoms with E-state index in [-0.39, 0.29) is 11.1 Å². The second-order valence-electron chi connectivity index (χ2n) is 4.82. The van der Waals surface area contributed by atoms with Crippen LogP contribution in [0.15, 0.2) is 30.3 Å². The maximum atomic E-state index is 14.0. The molecule has 1 heterocycles. The standard InChI is InChI=1S/C15H17ClFN3/c1-9-6-12(7-10(2)19-9)14(20-18)8-11-4-3-5-13(16)15(11)17/h3-7,14,20H,8,18H2,1-2H3. The van der Waals surface area contributed by atoms with Gasteiger partial charge in [-0.15, -0.1) is 0 Å². The van der Waals surface area contributed by atoms with Gasteiger partial charge in [-0.3, -0.25) is 16.3 Å². The van der Waals surface area contributed by atoms with Crippen LogP contribution in [0.5, 0.6) is 0 Å². The SMILES string of the molecule is Cc1cc(C(Cc2cccc(Cl)c2F)NN)cc(C)n1. The van der Waals surface area contributed by atoms with E-state index in [1.54, 1.807) is 12.1 Å². The van der Waals surface area contributed by atoms with E-state index in [4.69, 9.17) is 17.4 Å². The fourth-order valence-corrected chi connectivity index (χ4v) is 2.46. The molecule has 2 rings (SSSR count). The van der Waals surface area contributed by atoms with E-state index in [1.165, 1.54) is 6.07 Å². The van der Waals surface area contributed by atoms with E-state index in [0.29, 0.717) is 12.0 Å². The third kappa shape index (κ3) is 3.33. The van der Waals surface area contributed by atoms with Gasteiger partial charge < -0.3 is 0 Å². The number of aryl methyl sites for hydroxylation is 2. The van der Waals surface area contributed by atoms with Gasteiger partial charge in [0.2, 0.25) is 0 Å². The lowest BCUT2D eigenvalue weighted by Crippen LogP contribution is -2.30. The molecule has 0 amide bonds. The second kappa shape index (κ2) is 6.31. The van der Waals surface area contributed by atoms with Gasteiger partial charge in [-0.05, 0) is 49.6 Å². The number of rotatable bonds is 4. The average Bonchev–Trinajstić information content (AvgIpc) is 2.39. The van der Waals surface area contributed by atoms with E-state index in [0.717, 1.165) is 17.0 Å². The van der Waals surface area contributed by atoms with Crippen LogP contribution in [0.2, 0.25) is 5.02 Å². The molecule has 0 bridgehead atoms. The van der Waals surface area contributed by atoms with Gasteiger partial charge in [0, 0.05) is 11.4 Å². The quantitative estimate of drug-likeness (QED) is 0.672. The summed E-state index contributed by atoms with van der Waals surface area (Å²) in [5.41, 5.74) is 6.07. The molecule has 1 atom stereocenters. The zero-order chi connectivity index (χ0) is 14.7. The Morgan fingerprint density at radius 2 is 1.95 bits per heavy atom. The number of nitrogens with one attached hydrogen (secondary N) is 1. The monoisotopic (exact) mass is 293 g/mol. The van der Waals surface area contributed by atoms with Crippen molar-refractivity contribution in [1.29, 1.82) is 0 Å². The number of halogens is 2. The molecule has 3 nitrogen and oxygen atoms in total. The summed E-state index contributed by atoms with van der Waals surface area (Å²) in [7, 11) is 0. The molecule has 20 heavy (non-hydrogen) atoms. The van der Waals surface area contributed by atoms with E-state index in [2.05, 4.69) is 10.4 Å². The third-order valence-electron chi connectivity index (χ3n) is 3.16. The van der Waals surface area contributed by atoms with Crippen molar-refractivity contribution >= 4 is 11.6 Å². The van der Waals surface area contributed by atoms with Crippen LogP contribution >= 0.6 is 11.6 Å². The Kier molecular flexibility index (Phi) is 4.70. The molecule has 0 saturated carbocycles. The molecule has 0 aliphatic rings. The summed E-state index contributed by atoms with van der Waals surface area (Å²) in [5.74, 6) is 5.22. The maximum absolute atomic E-state index is 14.0. The fourth-order valence-electron chi connectivity index (χ4n) is 2.27. The molecule has 0 spiro atoms. The van der Waals surface area contributed by atoms with Crippen molar-refractivity contribution in [3.05, 3.63) is 63.7 Å². The van der Waals surface area contributed by atoms with Gasteiger partial charge in [-0.25, -0.2) is 4.39 Å². The highest BCUT2D eigenvalue weighted by atomic mass is 35.5. The summed E-state index contributed by atoms with van der Waals surface area (Å²) in [4.78, 5) is 4.33. The van der Waals surface area contributed by atoms with Gasteiger partial charge in [0.25, 0.3) is 0 Å². The summed E-state index contributed by atoms with van der Waals surface area (Å²) in [6.07, 6.45) is 0.422. The molecule has 0 radical (unpaired) electrons. The van der Waals surface area contributed by atoms with Crippen LogP contribution in [0.1, 0.15) is 28.6 Å². The molecule has 1 aromatic heterocycles. The first kappa shape index (κ1) is 14.9.